The number of methoxy groups -OCH3 is 1. The average Bonchev–Trinajstić information content (AvgIpc) is 2.46. The van der Waals surface area contributed by atoms with Gasteiger partial charge in [0.25, 0.3) is 5.91 Å². The zero-order valence-corrected chi connectivity index (χ0v) is 12.2. The van der Waals surface area contributed by atoms with Crippen LogP contribution in [0.2, 0.25) is 0 Å². The summed E-state index contributed by atoms with van der Waals surface area (Å²) in [6.45, 7) is 3.06. The zero-order chi connectivity index (χ0) is 16.0. The third kappa shape index (κ3) is 4.02. The fourth-order valence-corrected chi connectivity index (χ4v) is 1.80. The van der Waals surface area contributed by atoms with E-state index in [1.165, 1.54) is 26.2 Å². The lowest BCUT2D eigenvalue weighted by Crippen LogP contribution is -2.52. The number of hydrogen-bond acceptors (Lipinski definition) is 4. The number of benzene rings is 1. The third-order valence-electron chi connectivity index (χ3n) is 3.20. The Labute approximate surface area is 122 Å². The monoisotopic (exact) mass is 292 g/mol. The van der Waals surface area contributed by atoms with Crippen LogP contribution in [0.25, 0.3) is 0 Å². The molecule has 21 heavy (non-hydrogen) atoms. The van der Waals surface area contributed by atoms with Gasteiger partial charge in [-0.3, -0.25) is 4.79 Å². The molecule has 0 aliphatic heterocycles. The molecule has 0 heterocycles. The standard InChI is InChI=1S/C15H17FN2O3/c1-10-5-6-11(9-12(10)16)13(19)18-15(2,7-4-8-17)14(20)21-3/h5-6,9H,4,7H2,1-3H3,(H,18,19)/t15-/m1/s1. The Hall–Kier alpha value is -2.42. The molecule has 112 valence electrons. The lowest BCUT2D eigenvalue weighted by Gasteiger charge is -2.27. The van der Waals surface area contributed by atoms with Crippen LogP contribution in [0, 0.1) is 24.1 Å². The van der Waals surface area contributed by atoms with Crippen LogP contribution in [0.3, 0.4) is 0 Å². The maximum atomic E-state index is 13.5. The molecule has 0 aliphatic rings. The summed E-state index contributed by atoms with van der Waals surface area (Å²) in [6.07, 6.45) is 0.185. The maximum Gasteiger partial charge on any atom is 0.331 e. The van der Waals surface area contributed by atoms with E-state index in [0.29, 0.717) is 5.56 Å². The van der Waals surface area contributed by atoms with Gasteiger partial charge in [-0.05, 0) is 38.0 Å². The highest BCUT2D eigenvalue weighted by atomic mass is 19.1. The van der Waals surface area contributed by atoms with Gasteiger partial charge >= 0.3 is 5.97 Å². The molecule has 0 unspecified atom stereocenters. The Bertz CT molecular complexity index is 595. The Morgan fingerprint density at radius 1 is 1.48 bits per heavy atom. The number of amides is 1. The highest BCUT2D eigenvalue weighted by Gasteiger charge is 2.36. The van der Waals surface area contributed by atoms with E-state index in [0.717, 1.165) is 6.07 Å². The van der Waals surface area contributed by atoms with Crippen molar-refractivity contribution in [3.63, 3.8) is 0 Å². The van der Waals surface area contributed by atoms with Gasteiger partial charge < -0.3 is 10.1 Å². The second-order valence-electron chi connectivity index (χ2n) is 4.90. The Kier molecular flexibility index (Phi) is 5.42. The van der Waals surface area contributed by atoms with Crippen LogP contribution < -0.4 is 5.32 Å². The average molecular weight is 292 g/mol. The maximum absolute atomic E-state index is 13.5. The summed E-state index contributed by atoms with van der Waals surface area (Å²) in [5.74, 6) is -1.75. The van der Waals surface area contributed by atoms with E-state index < -0.39 is 23.2 Å². The summed E-state index contributed by atoms with van der Waals surface area (Å²) >= 11 is 0. The molecule has 0 saturated heterocycles. The van der Waals surface area contributed by atoms with E-state index in [1.54, 1.807) is 6.92 Å². The Balaban J connectivity index is 2.97. The summed E-state index contributed by atoms with van der Waals surface area (Å²) in [5, 5.41) is 11.1. The molecule has 0 radical (unpaired) electrons. The van der Waals surface area contributed by atoms with E-state index in [9.17, 15) is 14.0 Å². The molecule has 0 fully saturated rings. The second-order valence-corrected chi connectivity index (χ2v) is 4.90. The minimum atomic E-state index is -1.33. The van der Waals surface area contributed by atoms with Crippen molar-refractivity contribution in [2.24, 2.45) is 0 Å². The number of ether oxygens (including phenoxy) is 1. The molecular weight excluding hydrogens is 275 g/mol. The molecule has 1 N–H and O–H groups in total. The van der Waals surface area contributed by atoms with Gasteiger partial charge in [-0.1, -0.05) is 6.07 Å². The van der Waals surface area contributed by atoms with Gasteiger partial charge in [-0.25, -0.2) is 9.18 Å². The zero-order valence-electron chi connectivity index (χ0n) is 12.2. The summed E-state index contributed by atoms with van der Waals surface area (Å²) in [6, 6.07) is 5.97. The molecule has 1 aromatic carbocycles. The van der Waals surface area contributed by atoms with Crippen molar-refractivity contribution >= 4 is 11.9 Å². The largest absolute Gasteiger partial charge is 0.467 e. The minimum absolute atomic E-state index is 0.0775. The Morgan fingerprint density at radius 3 is 2.67 bits per heavy atom. The van der Waals surface area contributed by atoms with Crippen molar-refractivity contribution in [1.29, 1.82) is 5.26 Å². The third-order valence-corrected chi connectivity index (χ3v) is 3.20. The van der Waals surface area contributed by atoms with Crippen LogP contribution in [0.5, 0.6) is 0 Å². The SMILES string of the molecule is COC(=O)[C@@](C)(CCC#N)NC(=O)c1ccc(C)c(F)c1. The van der Waals surface area contributed by atoms with Crippen molar-refractivity contribution in [2.75, 3.05) is 7.11 Å². The van der Waals surface area contributed by atoms with E-state index >= 15 is 0 Å². The number of nitriles is 1. The van der Waals surface area contributed by atoms with Gasteiger partial charge in [-0.15, -0.1) is 0 Å². The first-order chi connectivity index (χ1) is 9.84. The van der Waals surface area contributed by atoms with Crippen LogP contribution in [0.15, 0.2) is 18.2 Å². The number of carbonyl (C=O) groups excluding carboxylic acids is 2. The van der Waals surface area contributed by atoms with Gasteiger partial charge in [0.05, 0.1) is 13.2 Å². The number of carbonyl (C=O) groups is 2. The van der Waals surface area contributed by atoms with Gasteiger partial charge in [0.2, 0.25) is 0 Å². The molecular formula is C15H17FN2O3. The number of aryl methyl sites for hydroxylation is 1. The predicted molar refractivity (Wildman–Crippen MR) is 73.9 cm³/mol. The lowest BCUT2D eigenvalue weighted by molar-refractivity contribution is -0.147. The molecule has 1 amide bonds. The van der Waals surface area contributed by atoms with Crippen molar-refractivity contribution < 1.29 is 18.7 Å². The first kappa shape index (κ1) is 16.6. The summed E-state index contributed by atoms with van der Waals surface area (Å²) < 4.78 is 18.1. The normalized spacial score (nSPS) is 12.9. The number of nitrogens with zero attached hydrogens (tertiary/aromatic N) is 1. The molecule has 0 saturated carbocycles. The molecule has 0 bridgehead atoms. The fourth-order valence-electron chi connectivity index (χ4n) is 1.80. The molecule has 0 aliphatic carbocycles. The van der Waals surface area contributed by atoms with Crippen LogP contribution in [0.1, 0.15) is 35.7 Å². The highest BCUT2D eigenvalue weighted by Crippen LogP contribution is 2.16. The van der Waals surface area contributed by atoms with Crippen molar-refractivity contribution in [3.05, 3.63) is 35.1 Å². The van der Waals surface area contributed by atoms with Crippen molar-refractivity contribution in [1.82, 2.24) is 5.32 Å². The molecule has 1 atom stereocenters. The van der Waals surface area contributed by atoms with E-state index in [4.69, 9.17) is 5.26 Å². The number of hydrogen-bond donors (Lipinski definition) is 1. The van der Waals surface area contributed by atoms with E-state index in [-0.39, 0.29) is 18.4 Å². The minimum Gasteiger partial charge on any atom is -0.467 e. The number of nitrogens with one attached hydrogen (secondary N) is 1. The molecule has 1 aromatic rings. The number of rotatable bonds is 5. The summed E-state index contributed by atoms with van der Waals surface area (Å²) in [4.78, 5) is 23.9. The van der Waals surface area contributed by atoms with Gasteiger partial charge in [-0.2, -0.15) is 5.26 Å². The molecule has 5 nitrogen and oxygen atoms in total. The van der Waals surface area contributed by atoms with Crippen molar-refractivity contribution in [3.8, 4) is 6.07 Å². The molecule has 0 spiro atoms. The van der Waals surface area contributed by atoms with Crippen molar-refractivity contribution in [2.45, 2.75) is 32.2 Å². The van der Waals surface area contributed by atoms with Gasteiger partial charge in [0.15, 0.2) is 0 Å². The van der Waals surface area contributed by atoms with E-state index in [1.807, 2.05) is 6.07 Å². The topological polar surface area (TPSA) is 79.2 Å². The molecule has 6 heteroatoms. The van der Waals surface area contributed by atoms with Gasteiger partial charge in [0.1, 0.15) is 11.4 Å². The summed E-state index contributed by atoms with van der Waals surface area (Å²) in [7, 11) is 1.20. The quantitative estimate of drug-likeness (QED) is 0.843. The van der Waals surface area contributed by atoms with Crippen LogP contribution in [0.4, 0.5) is 4.39 Å². The van der Waals surface area contributed by atoms with Crippen LogP contribution in [-0.2, 0) is 9.53 Å². The van der Waals surface area contributed by atoms with Crippen LogP contribution in [-0.4, -0.2) is 24.5 Å². The second kappa shape index (κ2) is 6.84. The fraction of sp³-hybridized carbons (Fsp3) is 0.400. The number of esters is 1. The molecule has 0 aromatic heterocycles. The first-order valence-corrected chi connectivity index (χ1v) is 6.38. The smallest absolute Gasteiger partial charge is 0.331 e. The Morgan fingerprint density at radius 2 is 2.14 bits per heavy atom. The number of halogens is 1. The predicted octanol–water partition coefficient (Wildman–Crippen LogP) is 2.10. The lowest BCUT2D eigenvalue weighted by atomic mass is 9.95. The van der Waals surface area contributed by atoms with E-state index in [2.05, 4.69) is 10.1 Å². The summed E-state index contributed by atoms with van der Waals surface area (Å²) in [5.41, 5.74) is -0.805. The van der Waals surface area contributed by atoms with Gasteiger partial charge in [0, 0.05) is 12.0 Å². The molecule has 1 rings (SSSR count). The first-order valence-electron chi connectivity index (χ1n) is 6.38. The highest BCUT2D eigenvalue weighted by molar-refractivity contribution is 5.98. The van der Waals surface area contributed by atoms with Crippen LogP contribution >= 0.6 is 0 Å².